The number of benzene rings is 1. The van der Waals surface area contributed by atoms with E-state index in [-0.39, 0.29) is 24.1 Å². The number of nitrogens with one attached hydrogen (secondary N) is 1. The Labute approximate surface area is 194 Å². The van der Waals surface area contributed by atoms with Gasteiger partial charge in [-0.05, 0) is 54.2 Å². The van der Waals surface area contributed by atoms with Gasteiger partial charge in [0.2, 0.25) is 5.91 Å². The Morgan fingerprint density at radius 2 is 2.00 bits per heavy atom. The van der Waals surface area contributed by atoms with Crippen LogP contribution in [0.15, 0.2) is 57.9 Å². The second-order valence-electron chi connectivity index (χ2n) is 8.64. The molecule has 1 aliphatic carbocycles. The van der Waals surface area contributed by atoms with E-state index in [1.165, 1.54) is 0 Å². The van der Waals surface area contributed by atoms with Crippen molar-refractivity contribution >= 4 is 17.4 Å². The molecule has 33 heavy (non-hydrogen) atoms. The van der Waals surface area contributed by atoms with E-state index in [0.717, 1.165) is 60.2 Å². The fourth-order valence-electron chi connectivity index (χ4n) is 4.69. The number of allylic oxidation sites excluding steroid dienone is 2. The molecule has 0 saturated heterocycles. The van der Waals surface area contributed by atoms with Crippen LogP contribution < -0.4 is 11.2 Å². The molecule has 0 saturated carbocycles. The van der Waals surface area contributed by atoms with Crippen molar-refractivity contribution in [1.29, 1.82) is 0 Å². The van der Waals surface area contributed by atoms with Crippen LogP contribution in [0.2, 0.25) is 0 Å². The van der Waals surface area contributed by atoms with Gasteiger partial charge in [0.15, 0.2) is 0 Å². The number of hydrogen-bond acceptors (Lipinski definition) is 6. The molecule has 2 aliphatic heterocycles. The summed E-state index contributed by atoms with van der Waals surface area (Å²) >= 11 is 0. The number of nitrogens with zero attached hydrogens (tertiary/aromatic N) is 3. The minimum Gasteiger partial charge on any atom is -0.457 e. The Hall–Kier alpha value is -3.26. The van der Waals surface area contributed by atoms with E-state index < -0.39 is 0 Å². The lowest BCUT2D eigenvalue weighted by Gasteiger charge is -2.25. The molecule has 0 radical (unpaired) electrons. The van der Waals surface area contributed by atoms with Gasteiger partial charge in [0, 0.05) is 36.7 Å². The molecule has 0 aromatic heterocycles. The Balaban J connectivity index is 1.64. The highest BCUT2D eigenvalue weighted by Crippen LogP contribution is 2.33. The fourth-order valence-corrected chi connectivity index (χ4v) is 4.69. The van der Waals surface area contributed by atoms with Crippen molar-refractivity contribution in [3.8, 4) is 0 Å². The average Bonchev–Trinajstić information content (AvgIpc) is 3.08. The highest BCUT2D eigenvalue weighted by Gasteiger charge is 2.30. The van der Waals surface area contributed by atoms with Gasteiger partial charge >= 0.3 is 5.97 Å². The molecule has 1 amide bonds. The maximum Gasteiger partial charge on any atom is 0.338 e. The Morgan fingerprint density at radius 3 is 2.73 bits per heavy atom. The lowest BCUT2D eigenvalue weighted by Crippen LogP contribution is -2.39. The van der Waals surface area contributed by atoms with Crippen molar-refractivity contribution in [3.63, 3.8) is 0 Å². The largest absolute Gasteiger partial charge is 0.457 e. The fraction of sp³-hybridized carbons (Fsp3) is 0.440. The smallest absolute Gasteiger partial charge is 0.338 e. The molecule has 8 nitrogen and oxygen atoms in total. The number of amides is 1. The number of rotatable bonds is 7. The lowest BCUT2D eigenvalue weighted by atomic mass is 9.88. The normalized spacial score (nSPS) is 22.0. The van der Waals surface area contributed by atoms with Gasteiger partial charge in [0.05, 0.1) is 5.56 Å². The monoisotopic (exact) mass is 449 g/mol. The van der Waals surface area contributed by atoms with Gasteiger partial charge in [0.25, 0.3) is 0 Å². The molecule has 1 aromatic carbocycles. The molecule has 1 aromatic rings. The van der Waals surface area contributed by atoms with Gasteiger partial charge in [-0.15, -0.1) is 0 Å². The molecule has 174 valence electrons. The summed E-state index contributed by atoms with van der Waals surface area (Å²) in [5.74, 6) is 5.16. The van der Waals surface area contributed by atoms with Crippen LogP contribution in [0, 0.1) is 0 Å². The second kappa shape index (κ2) is 10.1. The van der Waals surface area contributed by atoms with E-state index in [0.29, 0.717) is 18.6 Å². The van der Waals surface area contributed by atoms with Crippen LogP contribution >= 0.6 is 0 Å². The van der Waals surface area contributed by atoms with Gasteiger partial charge in [-0.25, -0.2) is 4.79 Å². The Morgan fingerprint density at radius 1 is 1.21 bits per heavy atom. The van der Waals surface area contributed by atoms with E-state index in [2.05, 4.69) is 41.7 Å². The zero-order valence-corrected chi connectivity index (χ0v) is 19.2. The molecular weight excluding hydrogens is 418 g/mol. The average molecular weight is 450 g/mol. The molecular formula is C25H31N5O3. The van der Waals surface area contributed by atoms with E-state index in [4.69, 9.17) is 10.6 Å². The van der Waals surface area contributed by atoms with Crippen LogP contribution in [0.4, 0.5) is 0 Å². The minimum atomic E-state index is -0.378. The summed E-state index contributed by atoms with van der Waals surface area (Å²) in [6.07, 6.45) is 8.77. The number of esters is 1. The number of carbonyl (C=O) groups excluding carboxylic acids is 2. The zero-order chi connectivity index (χ0) is 23.4. The molecule has 3 aliphatic rings. The molecule has 2 atom stereocenters. The number of fused-ring (bicyclic) bond motifs is 2. The molecule has 0 fully saturated rings. The molecule has 0 spiro atoms. The van der Waals surface area contributed by atoms with Crippen molar-refractivity contribution in [1.82, 2.24) is 10.2 Å². The molecule has 2 unspecified atom stereocenters. The first kappa shape index (κ1) is 22.9. The zero-order valence-electron chi connectivity index (χ0n) is 19.2. The van der Waals surface area contributed by atoms with E-state index in [1.807, 2.05) is 29.2 Å². The first-order valence-electron chi connectivity index (χ1n) is 11.6. The topological polar surface area (TPSA) is 109 Å². The quantitative estimate of drug-likeness (QED) is 0.286. The van der Waals surface area contributed by atoms with Crippen LogP contribution in [-0.2, 0) is 16.1 Å². The predicted molar refractivity (Wildman–Crippen MR) is 126 cm³/mol. The number of hydrogen-bond donors (Lipinski definition) is 2. The van der Waals surface area contributed by atoms with Crippen LogP contribution in [0.3, 0.4) is 0 Å². The second-order valence-corrected chi connectivity index (χ2v) is 8.64. The van der Waals surface area contributed by atoms with Gasteiger partial charge < -0.3 is 15.5 Å². The van der Waals surface area contributed by atoms with E-state index in [9.17, 15) is 9.59 Å². The summed E-state index contributed by atoms with van der Waals surface area (Å²) in [7, 11) is 0. The van der Waals surface area contributed by atoms with Gasteiger partial charge in [-0.3, -0.25) is 10.1 Å². The minimum absolute atomic E-state index is 0.0252. The van der Waals surface area contributed by atoms with Gasteiger partial charge in [-0.1, -0.05) is 37.3 Å². The van der Waals surface area contributed by atoms with Gasteiger partial charge in [-0.2, -0.15) is 5.11 Å². The van der Waals surface area contributed by atoms with Crippen molar-refractivity contribution < 1.29 is 14.3 Å². The molecule has 4 rings (SSSR count). The van der Waals surface area contributed by atoms with Crippen LogP contribution in [0.5, 0.6) is 0 Å². The van der Waals surface area contributed by atoms with E-state index in [1.54, 1.807) is 0 Å². The van der Waals surface area contributed by atoms with Crippen molar-refractivity contribution in [2.24, 2.45) is 16.2 Å². The van der Waals surface area contributed by atoms with Gasteiger partial charge in [0.1, 0.15) is 12.8 Å². The van der Waals surface area contributed by atoms with Crippen molar-refractivity contribution in [2.45, 2.75) is 58.3 Å². The van der Waals surface area contributed by atoms with Crippen LogP contribution in [0.25, 0.3) is 5.57 Å². The molecule has 2 heterocycles. The van der Waals surface area contributed by atoms with Crippen molar-refractivity contribution in [3.05, 3.63) is 64.3 Å². The van der Waals surface area contributed by atoms with E-state index >= 15 is 0 Å². The third-order valence-corrected chi connectivity index (χ3v) is 6.26. The van der Waals surface area contributed by atoms with Crippen molar-refractivity contribution in [2.75, 3.05) is 13.1 Å². The highest BCUT2D eigenvalue weighted by atomic mass is 16.5. The number of ether oxygens (including phenoxy) is 1. The first-order valence-corrected chi connectivity index (χ1v) is 11.6. The Bertz CT molecular complexity index is 1050. The number of cyclic esters (lactones) is 1. The number of nitrogens with two attached hydrogens (primary N) is 1. The summed E-state index contributed by atoms with van der Waals surface area (Å²) in [6.45, 7) is 5.95. The molecule has 3 N–H and O–H groups in total. The summed E-state index contributed by atoms with van der Waals surface area (Å²) in [5, 5.41) is 11.2. The van der Waals surface area contributed by atoms with Crippen LogP contribution in [-0.4, -0.2) is 42.1 Å². The first-order chi connectivity index (χ1) is 16.0. The molecule has 8 heteroatoms. The molecule has 0 bridgehead atoms. The maximum absolute atomic E-state index is 13.3. The summed E-state index contributed by atoms with van der Waals surface area (Å²) < 4.78 is 5.14. The summed E-state index contributed by atoms with van der Waals surface area (Å²) in [5.41, 5.74) is 5.52. The Kier molecular flexibility index (Phi) is 7.03. The highest BCUT2D eigenvalue weighted by molar-refractivity contribution is 5.95. The summed E-state index contributed by atoms with van der Waals surface area (Å²) in [6, 6.07) is 5.79. The summed E-state index contributed by atoms with van der Waals surface area (Å²) in [4.78, 5) is 27.0. The lowest BCUT2D eigenvalue weighted by molar-refractivity contribution is -0.127. The third kappa shape index (κ3) is 4.90. The predicted octanol–water partition coefficient (Wildman–Crippen LogP) is 3.66. The standard InChI is InChI=1S/C25H31N5O3/c1-3-9-30(10-4-2)24(31)19-12-18-6-5-17(13-22(18)27-23(14-19)28-29-26)16-7-8-21-20(11-16)15-33-25(21)32/h5-8,11-12,22-23,27H,3-4,9-10,13-15H2,1-2H3,(H2,26,28). The SMILES string of the molecule is CCCN(CCC)C(=O)C1=CC2=CC=C(c3ccc4c(c3)COC4=O)CC2NC(N=NN)C1. The number of carbonyl (C=O) groups is 2. The third-order valence-electron chi connectivity index (χ3n) is 6.26. The maximum atomic E-state index is 13.3. The van der Waals surface area contributed by atoms with Crippen LogP contribution in [0.1, 0.15) is 61.0 Å².